The Balaban J connectivity index is 1.95. The zero-order valence-electron chi connectivity index (χ0n) is 17.5. The molecular formula is C24H23N5O2. The quantitative estimate of drug-likeness (QED) is 0.486. The van der Waals surface area contributed by atoms with Crippen LogP contribution in [0.5, 0.6) is 0 Å². The van der Waals surface area contributed by atoms with Crippen molar-refractivity contribution in [3.63, 3.8) is 0 Å². The number of rotatable bonds is 6. The number of hydrogen-bond acceptors (Lipinski definition) is 4. The number of hydrogen-bond donors (Lipinski definition) is 0. The minimum Gasteiger partial charge on any atom is -0.324 e. The molecule has 0 amide bonds. The third kappa shape index (κ3) is 3.92. The predicted octanol–water partition coefficient (Wildman–Crippen LogP) is 2.98. The number of nitriles is 1. The molecule has 0 atom stereocenters. The average molecular weight is 413 g/mol. The van der Waals surface area contributed by atoms with E-state index in [0.29, 0.717) is 41.3 Å². The van der Waals surface area contributed by atoms with E-state index in [9.17, 15) is 14.9 Å². The molecule has 0 aliphatic heterocycles. The first-order chi connectivity index (χ1) is 15.0. The van der Waals surface area contributed by atoms with Crippen LogP contribution in [0.15, 0.2) is 70.5 Å². The van der Waals surface area contributed by atoms with Gasteiger partial charge in [0, 0.05) is 6.54 Å². The molecule has 7 nitrogen and oxygen atoms in total. The molecule has 0 unspecified atom stereocenters. The molecule has 0 saturated heterocycles. The van der Waals surface area contributed by atoms with E-state index in [1.165, 1.54) is 9.13 Å². The lowest BCUT2D eigenvalue weighted by atomic mass is 10.1. The molecule has 31 heavy (non-hydrogen) atoms. The fourth-order valence-electron chi connectivity index (χ4n) is 3.76. The molecule has 2 heterocycles. The Bertz CT molecular complexity index is 1390. The molecule has 0 aliphatic carbocycles. The second kappa shape index (κ2) is 8.44. The summed E-state index contributed by atoms with van der Waals surface area (Å²) in [5, 5.41) is 9.43. The van der Waals surface area contributed by atoms with E-state index in [1.807, 2.05) is 34.9 Å². The van der Waals surface area contributed by atoms with Gasteiger partial charge >= 0.3 is 5.69 Å². The molecular weight excluding hydrogens is 390 g/mol. The lowest BCUT2D eigenvalue weighted by Crippen LogP contribution is -2.41. The van der Waals surface area contributed by atoms with Crippen molar-refractivity contribution in [1.29, 1.82) is 5.26 Å². The number of aromatic nitrogens is 4. The molecule has 0 aliphatic rings. The predicted molar refractivity (Wildman–Crippen MR) is 119 cm³/mol. The first-order valence-corrected chi connectivity index (χ1v) is 10.2. The molecule has 0 fully saturated rings. The first-order valence-electron chi connectivity index (χ1n) is 10.2. The van der Waals surface area contributed by atoms with Gasteiger partial charge in [0.25, 0.3) is 5.56 Å². The van der Waals surface area contributed by atoms with Crippen molar-refractivity contribution < 1.29 is 0 Å². The first kappa shape index (κ1) is 20.4. The van der Waals surface area contributed by atoms with Gasteiger partial charge in [-0.05, 0) is 23.1 Å². The average Bonchev–Trinajstić information content (AvgIpc) is 3.18. The zero-order chi connectivity index (χ0) is 22.0. The van der Waals surface area contributed by atoms with Gasteiger partial charge in [-0.25, -0.2) is 9.78 Å². The summed E-state index contributed by atoms with van der Waals surface area (Å²) in [6.45, 7) is 5.07. The molecule has 0 spiro atoms. The standard InChI is InChI=1S/C24H23N5O2/c1-17(2)13-27-16-26-22-21(27)23(30)29(15-20-11-7-6-10-19(20)12-25)24(31)28(22)14-18-8-4-3-5-9-18/h3-11,16-17H,13-15H2,1-2H3. The van der Waals surface area contributed by atoms with Gasteiger partial charge in [-0.15, -0.1) is 0 Å². The minimum absolute atomic E-state index is 0.0268. The Labute approximate surface area is 179 Å². The van der Waals surface area contributed by atoms with Gasteiger partial charge in [0.1, 0.15) is 0 Å². The summed E-state index contributed by atoms with van der Waals surface area (Å²) in [5.74, 6) is 0.305. The van der Waals surface area contributed by atoms with Crippen LogP contribution >= 0.6 is 0 Å². The normalized spacial score (nSPS) is 11.2. The van der Waals surface area contributed by atoms with E-state index >= 15 is 0 Å². The van der Waals surface area contributed by atoms with Crippen LogP contribution in [0.4, 0.5) is 0 Å². The number of fused-ring (bicyclic) bond motifs is 1. The third-order valence-electron chi connectivity index (χ3n) is 5.20. The van der Waals surface area contributed by atoms with Crippen LogP contribution in [0.25, 0.3) is 11.2 Å². The lowest BCUT2D eigenvalue weighted by molar-refractivity contribution is 0.529. The number of benzene rings is 2. The maximum atomic E-state index is 13.4. The van der Waals surface area contributed by atoms with E-state index in [1.54, 1.807) is 30.6 Å². The Morgan fingerprint density at radius 3 is 2.39 bits per heavy atom. The molecule has 0 N–H and O–H groups in total. The van der Waals surface area contributed by atoms with Gasteiger partial charge in [0.2, 0.25) is 0 Å². The van der Waals surface area contributed by atoms with Gasteiger partial charge in [-0.3, -0.25) is 13.9 Å². The Morgan fingerprint density at radius 1 is 0.968 bits per heavy atom. The van der Waals surface area contributed by atoms with Crippen molar-refractivity contribution in [3.05, 3.63) is 98.5 Å². The van der Waals surface area contributed by atoms with E-state index < -0.39 is 11.2 Å². The van der Waals surface area contributed by atoms with Gasteiger partial charge < -0.3 is 4.57 Å². The summed E-state index contributed by atoms with van der Waals surface area (Å²) < 4.78 is 4.56. The highest BCUT2D eigenvalue weighted by Gasteiger charge is 2.19. The fraction of sp³-hybridized carbons (Fsp3) is 0.250. The maximum absolute atomic E-state index is 13.4. The lowest BCUT2D eigenvalue weighted by Gasteiger charge is -2.14. The van der Waals surface area contributed by atoms with Crippen LogP contribution in [-0.2, 0) is 19.6 Å². The molecule has 4 rings (SSSR count). The fourth-order valence-corrected chi connectivity index (χ4v) is 3.76. The Morgan fingerprint density at radius 2 is 1.68 bits per heavy atom. The summed E-state index contributed by atoms with van der Waals surface area (Å²) in [4.78, 5) is 31.3. The van der Waals surface area contributed by atoms with E-state index in [-0.39, 0.29) is 6.54 Å². The van der Waals surface area contributed by atoms with Crippen molar-refractivity contribution in [2.45, 2.75) is 33.5 Å². The van der Waals surface area contributed by atoms with Crippen LogP contribution in [0.3, 0.4) is 0 Å². The monoisotopic (exact) mass is 413 g/mol. The van der Waals surface area contributed by atoms with Crippen molar-refractivity contribution in [1.82, 2.24) is 18.7 Å². The highest BCUT2D eigenvalue weighted by molar-refractivity contribution is 5.70. The largest absolute Gasteiger partial charge is 0.333 e. The van der Waals surface area contributed by atoms with Crippen molar-refractivity contribution in [2.24, 2.45) is 5.92 Å². The summed E-state index contributed by atoms with van der Waals surface area (Å²) in [7, 11) is 0. The highest BCUT2D eigenvalue weighted by Crippen LogP contribution is 2.13. The summed E-state index contributed by atoms with van der Waals surface area (Å²) in [6, 6.07) is 18.8. The van der Waals surface area contributed by atoms with Crippen LogP contribution < -0.4 is 11.2 Å². The third-order valence-corrected chi connectivity index (χ3v) is 5.20. The summed E-state index contributed by atoms with van der Waals surface area (Å²) >= 11 is 0. The van der Waals surface area contributed by atoms with Crippen molar-refractivity contribution in [3.8, 4) is 6.07 Å². The Kier molecular flexibility index (Phi) is 5.54. The second-order valence-corrected chi connectivity index (χ2v) is 7.98. The SMILES string of the molecule is CC(C)Cn1cnc2c1c(=O)n(Cc1ccccc1C#N)c(=O)n2Cc1ccccc1. The topological polar surface area (TPSA) is 85.6 Å². The molecule has 0 radical (unpaired) electrons. The van der Waals surface area contributed by atoms with Crippen molar-refractivity contribution >= 4 is 11.2 Å². The summed E-state index contributed by atoms with van der Waals surface area (Å²) in [6.07, 6.45) is 1.63. The van der Waals surface area contributed by atoms with Gasteiger partial charge in [0.15, 0.2) is 11.2 Å². The van der Waals surface area contributed by atoms with Gasteiger partial charge in [0.05, 0.1) is 31.0 Å². The van der Waals surface area contributed by atoms with Crippen LogP contribution in [0.2, 0.25) is 0 Å². The van der Waals surface area contributed by atoms with E-state index in [0.717, 1.165) is 5.56 Å². The molecule has 2 aromatic heterocycles. The molecule has 7 heteroatoms. The zero-order valence-corrected chi connectivity index (χ0v) is 17.5. The molecule has 4 aromatic rings. The highest BCUT2D eigenvalue weighted by atomic mass is 16.2. The molecule has 0 saturated carbocycles. The summed E-state index contributed by atoms with van der Waals surface area (Å²) in [5.41, 5.74) is 1.96. The molecule has 2 aromatic carbocycles. The van der Waals surface area contributed by atoms with Gasteiger partial charge in [-0.2, -0.15) is 5.26 Å². The number of nitrogens with zero attached hydrogens (tertiary/aromatic N) is 5. The van der Waals surface area contributed by atoms with Gasteiger partial charge in [-0.1, -0.05) is 62.4 Å². The van der Waals surface area contributed by atoms with E-state index in [4.69, 9.17) is 0 Å². The smallest absolute Gasteiger partial charge is 0.324 e. The molecule has 0 bridgehead atoms. The maximum Gasteiger partial charge on any atom is 0.333 e. The van der Waals surface area contributed by atoms with Crippen LogP contribution in [0, 0.1) is 17.2 Å². The van der Waals surface area contributed by atoms with Crippen LogP contribution in [0.1, 0.15) is 30.5 Å². The minimum atomic E-state index is -0.441. The van der Waals surface area contributed by atoms with E-state index in [2.05, 4.69) is 24.9 Å². The second-order valence-electron chi connectivity index (χ2n) is 7.98. The van der Waals surface area contributed by atoms with Crippen LogP contribution in [-0.4, -0.2) is 18.7 Å². The van der Waals surface area contributed by atoms with Crippen molar-refractivity contribution in [2.75, 3.05) is 0 Å². The molecule has 156 valence electrons. The number of imidazole rings is 1. The Hall–Kier alpha value is -3.92.